The number of hydrogen-bond donors (Lipinski definition) is 1. The number of amides is 3. The van der Waals surface area contributed by atoms with Crippen LogP contribution in [0.3, 0.4) is 0 Å². The summed E-state index contributed by atoms with van der Waals surface area (Å²) in [4.78, 5) is 39.1. The van der Waals surface area contributed by atoms with Crippen LogP contribution in [0, 0.1) is 6.92 Å². The molecule has 0 saturated carbocycles. The molecule has 1 atom stereocenters. The van der Waals surface area contributed by atoms with Gasteiger partial charge in [-0.25, -0.2) is 0 Å². The minimum atomic E-state index is -0.329. The molecule has 33 heavy (non-hydrogen) atoms. The molecule has 1 N–H and O–H groups in total. The van der Waals surface area contributed by atoms with Gasteiger partial charge in [0.05, 0.1) is 29.9 Å². The predicted octanol–water partition coefficient (Wildman–Crippen LogP) is 3.42. The normalized spacial score (nSPS) is 17.1. The van der Waals surface area contributed by atoms with Crippen molar-refractivity contribution >= 4 is 17.7 Å². The van der Waals surface area contributed by atoms with E-state index in [1.807, 2.05) is 42.1 Å². The van der Waals surface area contributed by atoms with E-state index in [4.69, 9.17) is 0 Å². The van der Waals surface area contributed by atoms with Crippen molar-refractivity contribution in [1.82, 2.24) is 20.0 Å². The summed E-state index contributed by atoms with van der Waals surface area (Å²) in [5, 5.41) is 7.67. The molecule has 3 aromatic rings. The summed E-state index contributed by atoms with van der Waals surface area (Å²) < 4.78 is 2.02. The van der Waals surface area contributed by atoms with Gasteiger partial charge in [-0.15, -0.1) is 0 Å². The van der Waals surface area contributed by atoms with E-state index in [-0.39, 0.29) is 36.7 Å². The van der Waals surface area contributed by atoms with Crippen LogP contribution in [0.5, 0.6) is 0 Å². The zero-order valence-corrected chi connectivity index (χ0v) is 18.6. The molecule has 0 fully saturated rings. The Morgan fingerprint density at radius 1 is 1.09 bits per heavy atom. The highest BCUT2D eigenvalue weighted by atomic mass is 16.2. The van der Waals surface area contributed by atoms with Gasteiger partial charge in [0.2, 0.25) is 5.91 Å². The monoisotopic (exact) mass is 442 g/mol. The third kappa shape index (κ3) is 4.06. The van der Waals surface area contributed by atoms with E-state index in [0.717, 1.165) is 36.1 Å². The molecule has 2 aromatic carbocycles. The first kappa shape index (κ1) is 21.1. The molecule has 2 aliphatic rings. The predicted molar refractivity (Wildman–Crippen MR) is 123 cm³/mol. The van der Waals surface area contributed by atoms with E-state index < -0.39 is 0 Å². The molecule has 0 spiro atoms. The van der Waals surface area contributed by atoms with Gasteiger partial charge in [-0.3, -0.25) is 24.0 Å². The fourth-order valence-corrected chi connectivity index (χ4v) is 4.75. The van der Waals surface area contributed by atoms with Crippen molar-refractivity contribution in [2.45, 2.75) is 45.2 Å². The van der Waals surface area contributed by atoms with E-state index in [0.29, 0.717) is 17.7 Å². The van der Waals surface area contributed by atoms with E-state index in [2.05, 4.69) is 22.5 Å². The van der Waals surface area contributed by atoms with Gasteiger partial charge in [0, 0.05) is 24.2 Å². The molecule has 168 valence electrons. The van der Waals surface area contributed by atoms with E-state index in [1.165, 1.54) is 10.5 Å². The minimum Gasteiger partial charge on any atom is -0.349 e. The van der Waals surface area contributed by atoms with Crippen LogP contribution in [0.2, 0.25) is 0 Å². The van der Waals surface area contributed by atoms with Gasteiger partial charge in [-0.2, -0.15) is 5.10 Å². The maximum Gasteiger partial charge on any atom is 0.261 e. The number of aromatic nitrogens is 2. The Kier molecular flexibility index (Phi) is 5.54. The molecule has 2 heterocycles. The average Bonchev–Trinajstić information content (AvgIpc) is 3.32. The highest BCUT2D eigenvalue weighted by Gasteiger charge is 2.35. The van der Waals surface area contributed by atoms with Crippen molar-refractivity contribution in [3.05, 3.63) is 88.2 Å². The number of carbonyl (C=O) groups is 3. The highest BCUT2D eigenvalue weighted by molar-refractivity contribution is 6.21. The summed E-state index contributed by atoms with van der Waals surface area (Å²) in [6, 6.07) is 15.3. The lowest BCUT2D eigenvalue weighted by Gasteiger charge is -2.24. The third-order valence-electron chi connectivity index (χ3n) is 6.46. The Morgan fingerprint density at radius 2 is 1.88 bits per heavy atom. The average molecular weight is 443 g/mol. The molecule has 1 aliphatic heterocycles. The van der Waals surface area contributed by atoms with Crippen molar-refractivity contribution in [2.24, 2.45) is 0 Å². The van der Waals surface area contributed by atoms with Crippen LogP contribution in [0.15, 0.2) is 54.7 Å². The second kappa shape index (κ2) is 8.65. The topological polar surface area (TPSA) is 84.3 Å². The second-order valence-corrected chi connectivity index (χ2v) is 8.76. The fourth-order valence-electron chi connectivity index (χ4n) is 4.75. The first-order valence-electron chi connectivity index (χ1n) is 11.4. The number of aryl methyl sites for hydroxylation is 1. The summed E-state index contributed by atoms with van der Waals surface area (Å²) >= 11 is 0. The molecule has 3 amide bonds. The number of benzene rings is 2. The van der Waals surface area contributed by atoms with Crippen LogP contribution in [0.1, 0.15) is 68.4 Å². The highest BCUT2D eigenvalue weighted by Crippen LogP contribution is 2.30. The molecule has 1 aromatic heterocycles. The zero-order chi connectivity index (χ0) is 22.9. The van der Waals surface area contributed by atoms with Gasteiger partial charge in [-0.05, 0) is 43.9 Å². The van der Waals surface area contributed by atoms with Crippen LogP contribution in [-0.2, 0) is 17.8 Å². The number of nitrogens with zero attached hydrogens (tertiary/aromatic N) is 3. The van der Waals surface area contributed by atoms with Crippen LogP contribution in [-0.4, -0.2) is 38.9 Å². The number of carbonyl (C=O) groups excluding carboxylic acids is 3. The lowest BCUT2D eigenvalue weighted by atomic mass is 9.92. The summed E-state index contributed by atoms with van der Waals surface area (Å²) in [5.41, 5.74) is 5.16. The number of hydrogen-bond acceptors (Lipinski definition) is 4. The lowest BCUT2D eigenvalue weighted by molar-refractivity contribution is -0.122. The zero-order valence-electron chi connectivity index (χ0n) is 18.6. The minimum absolute atomic E-state index is 0.0735. The molecular weight excluding hydrogens is 416 g/mol. The van der Waals surface area contributed by atoms with Gasteiger partial charge in [0.15, 0.2) is 0 Å². The Balaban J connectivity index is 1.22. The van der Waals surface area contributed by atoms with Gasteiger partial charge < -0.3 is 5.32 Å². The molecule has 0 saturated heterocycles. The SMILES string of the molecule is Cc1ccc2c(c1)C(=O)N(CCC(=O)NC1CCCc3c1cnn3Cc1ccccc1)C2=O. The Bertz CT molecular complexity index is 1230. The van der Waals surface area contributed by atoms with Crippen LogP contribution < -0.4 is 5.32 Å². The molecular formula is C26H26N4O3. The molecule has 1 unspecified atom stereocenters. The number of rotatable bonds is 6. The van der Waals surface area contributed by atoms with Gasteiger partial charge in [0.25, 0.3) is 11.8 Å². The van der Waals surface area contributed by atoms with Gasteiger partial charge in [-0.1, -0.05) is 42.0 Å². The summed E-state index contributed by atoms with van der Waals surface area (Å²) in [6.45, 7) is 2.66. The number of imide groups is 1. The summed E-state index contributed by atoms with van der Waals surface area (Å²) in [6.07, 6.45) is 4.69. The molecule has 0 radical (unpaired) electrons. The lowest BCUT2D eigenvalue weighted by Crippen LogP contribution is -2.36. The van der Waals surface area contributed by atoms with Crippen LogP contribution >= 0.6 is 0 Å². The molecule has 1 aliphatic carbocycles. The van der Waals surface area contributed by atoms with Crippen LogP contribution in [0.4, 0.5) is 0 Å². The first-order valence-corrected chi connectivity index (χ1v) is 11.4. The van der Waals surface area contributed by atoms with Crippen molar-refractivity contribution < 1.29 is 14.4 Å². The quantitative estimate of drug-likeness (QED) is 0.593. The van der Waals surface area contributed by atoms with Crippen molar-refractivity contribution in [1.29, 1.82) is 0 Å². The van der Waals surface area contributed by atoms with E-state index in [9.17, 15) is 14.4 Å². The van der Waals surface area contributed by atoms with Gasteiger partial charge in [0.1, 0.15) is 0 Å². The second-order valence-electron chi connectivity index (χ2n) is 8.76. The molecule has 0 bridgehead atoms. The summed E-state index contributed by atoms with van der Waals surface area (Å²) in [7, 11) is 0. The first-order chi connectivity index (χ1) is 16.0. The standard InChI is InChI=1S/C26H26N4O3/c1-17-10-11-19-20(14-17)26(33)29(25(19)32)13-12-24(31)28-22-8-5-9-23-21(22)15-27-30(23)16-18-6-3-2-4-7-18/h2-4,6-7,10-11,14-15,22H,5,8-9,12-13,16H2,1H3,(H,28,31). The van der Waals surface area contributed by atoms with Crippen LogP contribution in [0.25, 0.3) is 0 Å². The van der Waals surface area contributed by atoms with E-state index >= 15 is 0 Å². The fraction of sp³-hybridized carbons (Fsp3) is 0.308. The Labute approximate surface area is 192 Å². The maximum absolute atomic E-state index is 12.7. The number of nitrogens with one attached hydrogen (secondary N) is 1. The number of fused-ring (bicyclic) bond motifs is 2. The Morgan fingerprint density at radius 3 is 2.70 bits per heavy atom. The molecule has 5 rings (SSSR count). The molecule has 7 heteroatoms. The van der Waals surface area contributed by atoms with Gasteiger partial charge >= 0.3 is 0 Å². The van der Waals surface area contributed by atoms with Crippen molar-refractivity contribution in [3.63, 3.8) is 0 Å². The Hall–Kier alpha value is -3.74. The third-order valence-corrected chi connectivity index (χ3v) is 6.46. The smallest absolute Gasteiger partial charge is 0.261 e. The van der Waals surface area contributed by atoms with Crippen molar-refractivity contribution in [2.75, 3.05) is 6.54 Å². The molecule has 7 nitrogen and oxygen atoms in total. The maximum atomic E-state index is 12.7. The van der Waals surface area contributed by atoms with E-state index in [1.54, 1.807) is 12.1 Å². The summed E-state index contributed by atoms with van der Waals surface area (Å²) in [5.74, 6) is -0.824. The largest absolute Gasteiger partial charge is 0.349 e. The van der Waals surface area contributed by atoms with Crippen molar-refractivity contribution in [3.8, 4) is 0 Å².